The number of hydrogen-bond donors (Lipinski definition) is 1. The Labute approximate surface area is 119 Å². The van der Waals surface area contributed by atoms with Gasteiger partial charge in [0.05, 0.1) is 0 Å². The van der Waals surface area contributed by atoms with E-state index < -0.39 is 0 Å². The molecule has 0 spiro atoms. The zero-order valence-electron chi connectivity index (χ0n) is 12.7. The Hall–Kier alpha value is -0.0400. The van der Waals surface area contributed by atoms with Crippen molar-refractivity contribution >= 4 is 0 Å². The van der Waals surface area contributed by atoms with Crippen molar-refractivity contribution in [2.75, 3.05) is 7.11 Å². The van der Waals surface area contributed by atoms with Gasteiger partial charge in [0.1, 0.15) is 0 Å². The third-order valence-electron chi connectivity index (χ3n) is 7.08. The molecule has 4 aliphatic rings. The van der Waals surface area contributed by atoms with E-state index in [9.17, 15) is 0 Å². The molecule has 4 rings (SSSR count). The lowest BCUT2D eigenvalue weighted by Crippen LogP contribution is -2.43. The number of hydrogen-bond acceptors (Lipinski definition) is 1. The molecule has 0 amide bonds. The Bertz CT molecular complexity index is 287. The minimum atomic E-state index is 1.00. The predicted octanol–water partition coefficient (Wildman–Crippen LogP) is 4.64. The molecule has 110 valence electrons. The number of aliphatic hydroxyl groups excluding tert-OH is 1. The molecule has 19 heavy (non-hydrogen) atoms. The molecule has 0 radical (unpaired) electrons. The minimum Gasteiger partial charge on any atom is -0.400 e. The van der Waals surface area contributed by atoms with Crippen LogP contribution in [0.5, 0.6) is 0 Å². The highest BCUT2D eigenvalue weighted by atomic mass is 16.2. The van der Waals surface area contributed by atoms with Gasteiger partial charge in [-0.15, -0.1) is 0 Å². The molecule has 6 unspecified atom stereocenters. The third kappa shape index (κ3) is 2.48. The van der Waals surface area contributed by atoms with Gasteiger partial charge in [0, 0.05) is 7.11 Å². The molecule has 0 bridgehead atoms. The van der Waals surface area contributed by atoms with Crippen molar-refractivity contribution in [3.8, 4) is 0 Å². The van der Waals surface area contributed by atoms with E-state index in [0.29, 0.717) is 0 Å². The largest absolute Gasteiger partial charge is 0.400 e. The fourth-order valence-corrected chi connectivity index (χ4v) is 6.45. The molecule has 1 N–H and O–H groups in total. The summed E-state index contributed by atoms with van der Waals surface area (Å²) >= 11 is 0. The standard InChI is InChI=1S/C17H28.CH4O/c1-2-6-14-12(4-1)8-10-17-15-7-3-5-13(15)9-11-16(14)17;1-2/h12-17H,1-11H2;2H,1H3. The molecular formula is C18H32O. The Morgan fingerprint density at radius 1 is 0.474 bits per heavy atom. The topological polar surface area (TPSA) is 20.2 Å². The summed E-state index contributed by atoms with van der Waals surface area (Å²) in [6, 6.07) is 0. The zero-order chi connectivity index (χ0) is 13.2. The van der Waals surface area contributed by atoms with E-state index in [4.69, 9.17) is 5.11 Å². The van der Waals surface area contributed by atoms with Crippen molar-refractivity contribution in [3.05, 3.63) is 0 Å². The first-order valence-corrected chi connectivity index (χ1v) is 8.88. The maximum Gasteiger partial charge on any atom is 0.0319 e. The van der Waals surface area contributed by atoms with Gasteiger partial charge in [0.15, 0.2) is 0 Å². The van der Waals surface area contributed by atoms with Crippen LogP contribution in [0, 0.1) is 35.5 Å². The second-order valence-electron chi connectivity index (χ2n) is 7.55. The summed E-state index contributed by atoms with van der Waals surface area (Å²) in [7, 11) is 1.00. The summed E-state index contributed by atoms with van der Waals surface area (Å²) in [5.74, 6) is 7.02. The van der Waals surface area contributed by atoms with Crippen LogP contribution in [0.15, 0.2) is 0 Å². The number of fused-ring (bicyclic) bond motifs is 5. The van der Waals surface area contributed by atoms with Crippen LogP contribution in [0.1, 0.15) is 70.6 Å². The summed E-state index contributed by atoms with van der Waals surface area (Å²) in [6.45, 7) is 0. The van der Waals surface area contributed by atoms with Crippen LogP contribution in [0.3, 0.4) is 0 Å². The second kappa shape index (κ2) is 6.16. The quantitative estimate of drug-likeness (QED) is 0.676. The summed E-state index contributed by atoms with van der Waals surface area (Å²) in [5.41, 5.74) is 0. The van der Waals surface area contributed by atoms with Crippen LogP contribution in [0.4, 0.5) is 0 Å². The fourth-order valence-electron chi connectivity index (χ4n) is 6.45. The van der Waals surface area contributed by atoms with Crippen molar-refractivity contribution in [1.82, 2.24) is 0 Å². The van der Waals surface area contributed by atoms with Gasteiger partial charge in [0.2, 0.25) is 0 Å². The Morgan fingerprint density at radius 3 is 1.58 bits per heavy atom. The van der Waals surface area contributed by atoms with Crippen LogP contribution in [0.2, 0.25) is 0 Å². The molecule has 0 aromatic rings. The predicted molar refractivity (Wildman–Crippen MR) is 79.9 cm³/mol. The van der Waals surface area contributed by atoms with Gasteiger partial charge in [0.25, 0.3) is 0 Å². The highest BCUT2D eigenvalue weighted by molar-refractivity contribution is 4.98. The molecule has 6 atom stereocenters. The van der Waals surface area contributed by atoms with Crippen molar-refractivity contribution in [2.45, 2.75) is 70.6 Å². The van der Waals surface area contributed by atoms with E-state index in [1.165, 1.54) is 23.7 Å². The van der Waals surface area contributed by atoms with Gasteiger partial charge in [-0.1, -0.05) is 32.1 Å². The van der Waals surface area contributed by atoms with Gasteiger partial charge in [-0.25, -0.2) is 0 Å². The summed E-state index contributed by atoms with van der Waals surface area (Å²) in [6.07, 6.45) is 17.5. The third-order valence-corrected chi connectivity index (χ3v) is 7.08. The Morgan fingerprint density at radius 2 is 0.947 bits per heavy atom. The lowest BCUT2D eigenvalue weighted by molar-refractivity contribution is -0.0184. The van der Waals surface area contributed by atoms with Gasteiger partial charge in [-0.2, -0.15) is 0 Å². The molecule has 0 aromatic heterocycles. The molecule has 4 aliphatic carbocycles. The second-order valence-corrected chi connectivity index (χ2v) is 7.55. The summed E-state index contributed by atoms with van der Waals surface area (Å²) in [5, 5.41) is 7.00. The zero-order valence-corrected chi connectivity index (χ0v) is 12.7. The maximum atomic E-state index is 7.00. The van der Waals surface area contributed by atoms with Crippen molar-refractivity contribution in [2.24, 2.45) is 35.5 Å². The van der Waals surface area contributed by atoms with Gasteiger partial charge in [-0.3, -0.25) is 0 Å². The SMILES string of the molecule is C1CCC2C(C1)CCC1C3CCCC3CCC21.CO. The summed E-state index contributed by atoms with van der Waals surface area (Å²) in [4.78, 5) is 0. The smallest absolute Gasteiger partial charge is 0.0319 e. The lowest BCUT2D eigenvalue weighted by Gasteiger charge is -2.51. The van der Waals surface area contributed by atoms with Gasteiger partial charge < -0.3 is 5.11 Å². The van der Waals surface area contributed by atoms with Gasteiger partial charge in [-0.05, 0) is 74.0 Å². The molecule has 0 aliphatic heterocycles. The van der Waals surface area contributed by atoms with Crippen molar-refractivity contribution < 1.29 is 5.11 Å². The summed E-state index contributed by atoms with van der Waals surface area (Å²) < 4.78 is 0. The first-order valence-electron chi connectivity index (χ1n) is 8.88. The number of rotatable bonds is 0. The lowest BCUT2D eigenvalue weighted by atomic mass is 9.54. The van der Waals surface area contributed by atoms with Crippen LogP contribution in [-0.4, -0.2) is 12.2 Å². The van der Waals surface area contributed by atoms with Crippen molar-refractivity contribution in [3.63, 3.8) is 0 Å². The molecule has 0 heterocycles. The Balaban J connectivity index is 0.000000528. The highest BCUT2D eigenvalue weighted by Crippen LogP contribution is 2.57. The fraction of sp³-hybridized carbons (Fsp3) is 1.00. The molecule has 0 saturated heterocycles. The molecular weight excluding hydrogens is 232 g/mol. The van der Waals surface area contributed by atoms with E-state index >= 15 is 0 Å². The van der Waals surface area contributed by atoms with Crippen LogP contribution in [-0.2, 0) is 0 Å². The molecule has 1 nitrogen and oxygen atoms in total. The van der Waals surface area contributed by atoms with Gasteiger partial charge >= 0.3 is 0 Å². The van der Waals surface area contributed by atoms with E-state index in [1.54, 1.807) is 70.6 Å². The van der Waals surface area contributed by atoms with Crippen LogP contribution in [0.25, 0.3) is 0 Å². The van der Waals surface area contributed by atoms with Crippen LogP contribution >= 0.6 is 0 Å². The minimum absolute atomic E-state index is 1.00. The molecule has 1 heteroatoms. The van der Waals surface area contributed by atoms with Crippen molar-refractivity contribution in [1.29, 1.82) is 0 Å². The van der Waals surface area contributed by atoms with E-state index in [2.05, 4.69) is 0 Å². The van der Waals surface area contributed by atoms with E-state index in [1.807, 2.05) is 0 Å². The van der Waals surface area contributed by atoms with Crippen LogP contribution < -0.4 is 0 Å². The average molecular weight is 264 g/mol. The normalized spacial score (nSPS) is 48.3. The first-order chi connectivity index (χ1) is 9.43. The molecule has 4 saturated carbocycles. The monoisotopic (exact) mass is 264 g/mol. The average Bonchev–Trinajstić information content (AvgIpc) is 2.97. The van der Waals surface area contributed by atoms with E-state index in [-0.39, 0.29) is 0 Å². The molecule has 4 fully saturated rings. The molecule has 0 aromatic carbocycles. The Kier molecular flexibility index (Phi) is 4.51. The highest BCUT2D eigenvalue weighted by Gasteiger charge is 2.48. The van der Waals surface area contributed by atoms with E-state index in [0.717, 1.165) is 18.9 Å². The first kappa shape index (κ1) is 13.9. The number of aliphatic hydroxyl groups is 1. The maximum absolute atomic E-state index is 7.00.